The third kappa shape index (κ3) is 2.73. The lowest BCUT2D eigenvalue weighted by atomic mass is 10.1. The number of hydrogen-bond acceptors (Lipinski definition) is 2. The molecule has 1 aromatic carbocycles. The van der Waals surface area contributed by atoms with Gasteiger partial charge in [-0.25, -0.2) is 4.79 Å². The summed E-state index contributed by atoms with van der Waals surface area (Å²) in [7, 11) is 1.62. The van der Waals surface area contributed by atoms with Crippen LogP contribution in [0.5, 0.6) is 0 Å². The molecule has 1 saturated carbocycles. The van der Waals surface area contributed by atoms with Crippen molar-refractivity contribution in [2.24, 2.45) is 0 Å². The van der Waals surface area contributed by atoms with Crippen LogP contribution in [0.1, 0.15) is 41.6 Å². The van der Waals surface area contributed by atoms with E-state index in [0.29, 0.717) is 18.2 Å². The molecule has 21 heavy (non-hydrogen) atoms. The molecule has 0 atom stereocenters. The molecule has 5 nitrogen and oxygen atoms in total. The molecule has 1 heterocycles. The van der Waals surface area contributed by atoms with Crippen LogP contribution in [-0.4, -0.2) is 31.6 Å². The molecule has 1 aliphatic heterocycles. The molecule has 0 radical (unpaired) electrons. The summed E-state index contributed by atoms with van der Waals surface area (Å²) in [5.41, 5.74) is 2.61. The number of nitrogens with one attached hydrogen (secondary N) is 2. The molecular formula is C16H21N3O2. The molecule has 2 N–H and O–H groups in total. The molecule has 5 heteroatoms. The normalized spacial score (nSPS) is 17.7. The SMILES string of the molecule is CNC(=O)N1CCc2ccc(C(=O)NC3CCCC3)cc21. The fourth-order valence-corrected chi connectivity index (χ4v) is 3.21. The number of carbonyl (C=O) groups excluding carboxylic acids is 2. The van der Waals surface area contributed by atoms with E-state index in [1.54, 1.807) is 11.9 Å². The largest absolute Gasteiger partial charge is 0.349 e. The number of anilines is 1. The first kappa shape index (κ1) is 13.9. The van der Waals surface area contributed by atoms with E-state index < -0.39 is 0 Å². The van der Waals surface area contributed by atoms with Crippen molar-refractivity contribution in [2.45, 2.75) is 38.1 Å². The predicted octanol–water partition coefficient (Wildman–Crippen LogP) is 2.06. The minimum Gasteiger partial charge on any atom is -0.349 e. The van der Waals surface area contributed by atoms with Gasteiger partial charge < -0.3 is 10.6 Å². The molecule has 0 bridgehead atoms. The Morgan fingerprint density at radius 2 is 2.00 bits per heavy atom. The quantitative estimate of drug-likeness (QED) is 0.874. The molecule has 0 saturated heterocycles. The summed E-state index contributed by atoms with van der Waals surface area (Å²) in [4.78, 5) is 25.9. The molecule has 1 aliphatic carbocycles. The highest BCUT2D eigenvalue weighted by molar-refractivity contribution is 5.99. The third-order valence-electron chi connectivity index (χ3n) is 4.39. The molecular weight excluding hydrogens is 266 g/mol. The van der Waals surface area contributed by atoms with Gasteiger partial charge in [0.1, 0.15) is 0 Å². The Kier molecular flexibility index (Phi) is 3.82. The predicted molar refractivity (Wildman–Crippen MR) is 81.7 cm³/mol. The van der Waals surface area contributed by atoms with Crippen LogP contribution < -0.4 is 15.5 Å². The Balaban J connectivity index is 1.78. The molecule has 1 aromatic rings. The van der Waals surface area contributed by atoms with Gasteiger partial charge in [0, 0.05) is 30.9 Å². The average Bonchev–Trinajstić information content (AvgIpc) is 3.14. The third-order valence-corrected chi connectivity index (χ3v) is 4.39. The van der Waals surface area contributed by atoms with Crippen LogP contribution in [0.2, 0.25) is 0 Å². The van der Waals surface area contributed by atoms with Crippen molar-refractivity contribution < 1.29 is 9.59 Å². The second-order valence-corrected chi connectivity index (χ2v) is 5.76. The van der Waals surface area contributed by atoms with Crippen LogP contribution >= 0.6 is 0 Å². The van der Waals surface area contributed by atoms with Crippen molar-refractivity contribution in [1.29, 1.82) is 0 Å². The molecule has 1 fully saturated rings. The summed E-state index contributed by atoms with van der Waals surface area (Å²) in [6, 6.07) is 5.84. The van der Waals surface area contributed by atoms with Gasteiger partial charge in [-0.15, -0.1) is 0 Å². The summed E-state index contributed by atoms with van der Waals surface area (Å²) < 4.78 is 0. The van der Waals surface area contributed by atoms with Crippen molar-refractivity contribution in [3.8, 4) is 0 Å². The number of nitrogens with zero attached hydrogens (tertiary/aromatic N) is 1. The van der Waals surface area contributed by atoms with Crippen molar-refractivity contribution >= 4 is 17.6 Å². The summed E-state index contributed by atoms with van der Waals surface area (Å²) in [6.07, 6.45) is 5.37. The second kappa shape index (κ2) is 5.76. The molecule has 0 aromatic heterocycles. The monoisotopic (exact) mass is 287 g/mol. The summed E-state index contributed by atoms with van der Waals surface area (Å²) >= 11 is 0. The van der Waals surface area contributed by atoms with Crippen LogP contribution in [-0.2, 0) is 6.42 Å². The number of rotatable bonds is 2. The van der Waals surface area contributed by atoms with Crippen molar-refractivity contribution in [1.82, 2.24) is 10.6 Å². The van der Waals surface area contributed by atoms with Gasteiger partial charge in [-0.1, -0.05) is 18.9 Å². The van der Waals surface area contributed by atoms with Gasteiger partial charge in [-0.05, 0) is 37.0 Å². The van der Waals surface area contributed by atoms with Crippen LogP contribution in [0.3, 0.4) is 0 Å². The van der Waals surface area contributed by atoms with Gasteiger partial charge in [-0.3, -0.25) is 9.69 Å². The number of fused-ring (bicyclic) bond motifs is 1. The van der Waals surface area contributed by atoms with Crippen LogP contribution in [0.4, 0.5) is 10.5 Å². The smallest absolute Gasteiger partial charge is 0.321 e. The lowest BCUT2D eigenvalue weighted by Gasteiger charge is -2.17. The fourth-order valence-electron chi connectivity index (χ4n) is 3.21. The number of urea groups is 1. The fraction of sp³-hybridized carbons (Fsp3) is 0.500. The van der Waals surface area contributed by atoms with Gasteiger partial charge >= 0.3 is 6.03 Å². The Labute approximate surface area is 124 Å². The zero-order valence-electron chi connectivity index (χ0n) is 12.3. The van der Waals surface area contributed by atoms with E-state index in [1.807, 2.05) is 18.2 Å². The van der Waals surface area contributed by atoms with E-state index in [0.717, 1.165) is 30.5 Å². The summed E-state index contributed by atoms with van der Waals surface area (Å²) in [5.74, 6) is -0.0338. The first-order chi connectivity index (χ1) is 10.2. The van der Waals surface area contributed by atoms with Crippen molar-refractivity contribution in [3.05, 3.63) is 29.3 Å². The number of amides is 3. The first-order valence-electron chi connectivity index (χ1n) is 7.62. The van der Waals surface area contributed by atoms with E-state index in [9.17, 15) is 9.59 Å². The number of hydrogen-bond donors (Lipinski definition) is 2. The highest BCUT2D eigenvalue weighted by Gasteiger charge is 2.25. The Hall–Kier alpha value is -2.04. The maximum atomic E-state index is 12.3. The Bertz CT molecular complexity index is 565. The van der Waals surface area contributed by atoms with Gasteiger partial charge in [0.15, 0.2) is 0 Å². The average molecular weight is 287 g/mol. The zero-order chi connectivity index (χ0) is 14.8. The van der Waals surface area contributed by atoms with Gasteiger partial charge in [-0.2, -0.15) is 0 Å². The zero-order valence-corrected chi connectivity index (χ0v) is 12.3. The van der Waals surface area contributed by atoms with Crippen molar-refractivity contribution in [2.75, 3.05) is 18.5 Å². The second-order valence-electron chi connectivity index (χ2n) is 5.76. The molecule has 0 unspecified atom stereocenters. The molecule has 3 rings (SSSR count). The molecule has 2 aliphatic rings. The molecule has 3 amide bonds. The number of carbonyl (C=O) groups is 2. The Morgan fingerprint density at radius 3 is 2.71 bits per heavy atom. The number of benzene rings is 1. The lowest BCUT2D eigenvalue weighted by molar-refractivity contribution is 0.0938. The van der Waals surface area contributed by atoms with E-state index in [-0.39, 0.29) is 11.9 Å². The molecule has 112 valence electrons. The van der Waals surface area contributed by atoms with E-state index in [4.69, 9.17) is 0 Å². The van der Waals surface area contributed by atoms with E-state index in [1.165, 1.54) is 12.8 Å². The maximum Gasteiger partial charge on any atom is 0.321 e. The minimum absolute atomic E-state index is 0.0338. The lowest BCUT2D eigenvalue weighted by Crippen LogP contribution is -2.37. The standard InChI is InChI=1S/C16H21N3O2/c1-17-16(21)19-9-8-11-6-7-12(10-14(11)19)15(20)18-13-4-2-3-5-13/h6-7,10,13H,2-5,8-9H2,1H3,(H,17,21)(H,18,20). The van der Waals surface area contributed by atoms with Crippen LogP contribution in [0.25, 0.3) is 0 Å². The highest BCUT2D eigenvalue weighted by Crippen LogP contribution is 2.29. The Morgan fingerprint density at radius 1 is 1.24 bits per heavy atom. The summed E-state index contributed by atoms with van der Waals surface area (Å²) in [6.45, 7) is 0.669. The van der Waals surface area contributed by atoms with E-state index >= 15 is 0 Å². The van der Waals surface area contributed by atoms with Gasteiger partial charge in [0.2, 0.25) is 0 Å². The minimum atomic E-state index is -0.123. The van der Waals surface area contributed by atoms with Crippen LogP contribution in [0, 0.1) is 0 Å². The topological polar surface area (TPSA) is 61.4 Å². The molecule has 0 spiro atoms. The van der Waals surface area contributed by atoms with Gasteiger partial charge in [0.05, 0.1) is 0 Å². The first-order valence-corrected chi connectivity index (χ1v) is 7.62. The van der Waals surface area contributed by atoms with Gasteiger partial charge in [0.25, 0.3) is 5.91 Å². The van der Waals surface area contributed by atoms with E-state index in [2.05, 4.69) is 10.6 Å². The maximum absolute atomic E-state index is 12.3. The van der Waals surface area contributed by atoms with Crippen LogP contribution in [0.15, 0.2) is 18.2 Å². The summed E-state index contributed by atoms with van der Waals surface area (Å²) in [5, 5.41) is 5.73. The highest BCUT2D eigenvalue weighted by atomic mass is 16.2. The van der Waals surface area contributed by atoms with Crippen molar-refractivity contribution in [3.63, 3.8) is 0 Å².